The van der Waals surface area contributed by atoms with Crippen molar-refractivity contribution < 1.29 is 19.0 Å². The third-order valence-corrected chi connectivity index (χ3v) is 5.98. The molecule has 4 rings (SSSR count). The van der Waals surface area contributed by atoms with Crippen LogP contribution in [0.5, 0.6) is 17.2 Å². The first-order valence-corrected chi connectivity index (χ1v) is 11.0. The van der Waals surface area contributed by atoms with Crippen LogP contribution < -0.4 is 25.1 Å². The summed E-state index contributed by atoms with van der Waals surface area (Å²) in [5, 5.41) is 4.78. The Bertz CT molecular complexity index is 1390. The molecular formula is C24H23N3O5S. The molecule has 0 radical (unpaired) electrons. The van der Waals surface area contributed by atoms with Gasteiger partial charge in [-0.15, -0.1) is 11.3 Å². The van der Waals surface area contributed by atoms with Crippen molar-refractivity contribution in [2.45, 2.75) is 20.5 Å². The Hall–Kier alpha value is -3.85. The minimum absolute atomic E-state index is 0.0883. The Kier molecular flexibility index (Phi) is 6.32. The van der Waals surface area contributed by atoms with Crippen molar-refractivity contribution in [2.24, 2.45) is 0 Å². The molecule has 2 heterocycles. The fourth-order valence-corrected chi connectivity index (χ4v) is 4.26. The van der Waals surface area contributed by atoms with Gasteiger partial charge in [-0.3, -0.25) is 14.0 Å². The molecule has 0 saturated heterocycles. The number of ether oxygens (including phenoxy) is 3. The third kappa shape index (κ3) is 4.68. The minimum Gasteiger partial charge on any atom is -0.493 e. The van der Waals surface area contributed by atoms with Gasteiger partial charge in [0, 0.05) is 22.7 Å². The van der Waals surface area contributed by atoms with Crippen LogP contribution in [0.3, 0.4) is 0 Å². The number of benzene rings is 2. The first-order valence-electron chi connectivity index (χ1n) is 10.1. The number of aryl methyl sites for hydroxylation is 2. The van der Waals surface area contributed by atoms with Crippen molar-refractivity contribution >= 4 is 27.9 Å². The summed E-state index contributed by atoms with van der Waals surface area (Å²) in [7, 11) is 3.05. The molecule has 8 nitrogen and oxygen atoms in total. The molecule has 9 heteroatoms. The van der Waals surface area contributed by atoms with Gasteiger partial charge in [-0.1, -0.05) is 6.07 Å². The molecule has 1 N–H and O–H groups in total. The Labute approximate surface area is 194 Å². The van der Waals surface area contributed by atoms with E-state index < -0.39 is 0 Å². The van der Waals surface area contributed by atoms with Gasteiger partial charge in [0.2, 0.25) is 0 Å². The highest BCUT2D eigenvalue weighted by molar-refractivity contribution is 7.15. The summed E-state index contributed by atoms with van der Waals surface area (Å²) in [4.78, 5) is 30.4. The second-order valence-corrected chi connectivity index (χ2v) is 8.23. The summed E-state index contributed by atoms with van der Waals surface area (Å²) in [6.07, 6.45) is 0. The number of thiazole rings is 1. The third-order valence-electron chi connectivity index (χ3n) is 5.03. The average molecular weight is 466 g/mol. The van der Waals surface area contributed by atoms with Crippen LogP contribution in [0.4, 0.5) is 5.69 Å². The molecule has 1 amide bonds. The zero-order chi connectivity index (χ0) is 23.5. The minimum atomic E-state index is -0.321. The number of fused-ring (bicyclic) bond motifs is 1. The monoisotopic (exact) mass is 465 g/mol. The van der Waals surface area contributed by atoms with Crippen LogP contribution in [0.1, 0.15) is 27.3 Å². The molecule has 4 aromatic rings. The lowest BCUT2D eigenvalue weighted by molar-refractivity contribution is 0.102. The van der Waals surface area contributed by atoms with E-state index in [2.05, 4.69) is 10.3 Å². The molecule has 0 atom stereocenters. The SMILES string of the molecule is COc1ccc(C(=O)Nc2cc(C)ccc2OCc2cc(=O)n3c(C)csc3n2)cc1OC. The zero-order valence-electron chi connectivity index (χ0n) is 18.7. The van der Waals surface area contributed by atoms with Crippen molar-refractivity contribution in [1.29, 1.82) is 0 Å². The Morgan fingerprint density at radius 2 is 1.79 bits per heavy atom. The van der Waals surface area contributed by atoms with Gasteiger partial charge < -0.3 is 19.5 Å². The highest BCUT2D eigenvalue weighted by Gasteiger charge is 2.14. The van der Waals surface area contributed by atoms with Crippen LogP contribution in [0, 0.1) is 13.8 Å². The number of aromatic nitrogens is 2. The molecule has 0 bridgehead atoms. The number of carbonyl (C=O) groups is 1. The molecule has 0 spiro atoms. The quantitative estimate of drug-likeness (QED) is 0.439. The zero-order valence-corrected chi connectivity index (χ0v) is 19.5. The second kappa shape index (κ2) is 9.33. The Balaban J connectivity index is 1.55. The lowest BCUT2D eigenvalue weighted by atomic mass is 10.1. The van der Waals surface area contributed by atoms with E-state index in [0.29, 0.717) is 39.2 Å². The standard InChI is InChI=1S/C24H23N3O5S/c1-14-5-7-19(32-12-17-11-22(28)27-15(2)13-33-24(27)25-17)18(9-14)26-23(29)16-6-8-20(30-3)21(10-16)31-4/h5-11,13H,12H2,1-4H3,(H,26,29). The van der Waals surface area contributed by atoms with Gasteiger partial charge in [0.1, 0.15) is 12.4 Å². The maximum atomic E-state index is 12.9. The van der Waals surface area contributed by atoms with E-state index in [1.807, 2.05) is 31.4 Å². The number of rotatable bonds is 7. The molecule has 0 saturated carbocycles. The number of hydrogen-bond donors (Lipinski definition) is 1. The molecule has 170 valence electrons. The maximum absolute atomic E-state index is 12.9. The Morgan fingerprint density at radius 3 is 2.55 bits per heavy atom. The topological polar surface area (TPSA) is 91.2 Å². The van der Waals surface area contributed by atoms with Crippen molar-refractivity contribution in [3.8, 4) is 17.2 Å². The number of anilines is 1. The van der Waals surface area contributed by atoms with Gasteiger partial charge in [0.15, 0.2) is 16.5 Å². The molecule has 33 heavy (non-hydrogen) atoms. The molecule has 0 aliphatic rings. The molecular weight excluding hydrogens is 442 g/mol. The molecule has 0 unspecified atom stereocenters. The van der Waals surface area contributed by atoms with Crippen LogP contribution in [-0.4, -0.2) is 29.5 Å². The van der Waals surface area contributed by atoms with Gasteiger partial charge in [-0.05, 0) is 49.7 Å². The van der Waals surface area contributed by atoms with Crippen LogP contribution in [0.15, 0.2) is 52.6 Å². The van der Waals surface area contributed by atoms with E-state index in [4.69, 9.17) is 14.2 Å². The van der Waals surface area contributed by atoms with Crippen molar-refractivity contribution in [3.63, 3.8) is 0 Å². The number of carbonyl (C=O) groups excluding carboxylic acids is 1. The van der Waals surface area contributed by atoms with Gasteiger partial charge in [-0.25, -0.2) is 4.98 Å². The van der Waals surface area contributed by atoms with Crippen molar-refractivity contribution in [3.05, 3.63) is 80.7 Å². The van der Waals surface area contributed by atoms with E-state index in [9.17, 15) is 9.59 Å². The van der Waals surface area contributed by atoms with E-state index in [-0.39, 0.29) is 18.1 Å². The number of nitrogens with one attached hydrogen (secondary N) is 1. The van der Waals surface area contributed by atoms with Gasteiger partial charge >= 0.3 is 0 Å². The number of amides is 1. The predicted molar refractivity (Wildman–Crippen MR) is 127 cm³/mol. The summed E-state index contributed by atoms with van der Waals surface area (Å²) in [5.74, 6) is 1.15. The number of methoxy groups -OCH3 is 2. The van der Waals surface area contributed by atoms with Gasteiger partial charge in [0.25, 0.3) is 11.5 Å². The molecule has 2 aromatic heterocycles. The first-order chi connectivity index (χ1) is 15.9. The molecule has 2 aromatic carbocycles. The smallest absolute Gasteiger partial charge is 0.259 e. The van der Waals surface area contributed by atoms with Crippen molar-refractivity contribution in [1.82, 2.24) is 9.38 Å². The molecule has 0 fully saturated rings. The largest absolute Gasteiger partial charge is 0.493 e. The van der Waals surface area contributed by atoms with Crippen LogP contribution in [0.25, 0.3) is 4.96 Å². The summed E-state index contributed by atoms with van der Waals surface area (Å²) in [6.45, 7) is 3.87. The van der Waals surface area contributed by atoms with Crippen molar-refractivity contribution in [2.75, 3.05) is 19.5 Å². The van der Waals surface area contributed by atoms with E-state index in [0.717, 1.165) is 11.3 Å². The summed E-state index contributed by atoms with van der Waals surface area (Å²) in [6, 6.07) is 11.9. The highest BCUT2D eigenvalue weighted by Crippen LogP contribution is 2.30. The second-order valence-electron chi connectivity index (χ2n) is 7.39. The van der Waals surface area contributed by atoms with E-state index in [1.54, 1.807) is 28.7 Å². The maximum Gasteiger partial charge on any atom is 0.259 e. The number of hydrogen-bond acceptors (Lipinski definition) is 7. The summed E-state index contributed by atoms with van der Waals surface area (Å²) >= 11 is 1.40. The predicted octanol–water partition coefficient (Wildman–Crippen LogP) is 4.22. The fraction of sp³-hybridized carbons (Fsp3) is 0.208. The summed E-state index contributed by atoms with van der Waals surface area (Å²) < 4.78 is 18.0. The van der Waals surface area contributed by atoms with E-state index >= 15 is 0 Å². The van der Waals surface area contributed by atoms with Gasteiger partial charge in [0.05, 0.1) is 25.6 Å². The lowest BCUT2D eigenvalue weighted by Gasteiger charge is -2.14. The highest BCUT2D eigenvalue weighted by atomic mass is 32.1. The average Bonchev–Trinajstić information content (AvgIpc) is 3.19. The number of nitrogens with zero attached hydrogens (tertiary/aromatic N) is 2. The normalized spacial score (nSPS) is 10.8. The Morgan fingerprint density at radius 1 is 1.03 bits per heavy atom. The van der Waals surface area contributed by atoms with Crippen LogP contribution in [-0.2, 0) is 6.61 Å². The fourth-order valence-electron chi connectivity index (χ4n) is 3.37. The van der Waals surface area contributed by atoms with Gasteiger partial charge in [-0.2, -0.15) is 0 Å². The lowest BCUT2D eigenvalue weighted by Crippen LogP contribution is -2.16. The van der Waals surface area contributed by atoms with Crippen LogP contribution in [0.2, 0.25) is 0 Å². The summed E-state index contributed by atoms with van der Waals surface area (Å²) in [5.41, 5.74) is 3.09. The van der Waals surface area contributed by atoms with Crippen LogP contribution >= 0.6 is 11.3 Å². The first kappa shape index (κ1) is 22.3. The molecule has 0 aliphatic heterocycles. The molecule has 0 aliphatic carbocycles. The van der Waals surface area contributed by atoms with E-state index in [1.165, 1.54) is 31.6 Å².